The molecular weight excluding hydrogens is 266 g/mol. The summed E-state index contributed by atoms with van der Waals surface area (Å²) in [6.07, 6.45) is 0.997. The molecule has 1 rings (SSSR count). The molecule has 0 bridgehead atoms. The SMILES string of the molecule is CC(=O)N(Cc1ccc(OS(C)(=O)=O)cc1)C(C)C. The van der Waals surface area contributed by atoms with E-state index in [4.69, 9.17) is 4.18 Å². The summed E-state index contributed by atoms with van der Waals surface area (Å²) >= 11 is 0. The van der Waals surface area contributed by atoms with Crippen molar-refractivity contribution >= 4 is 16.0 Å². The summed E-state index contributed by atoms with van der Waals surface area (Å²) in [5, 5.41) is 0. The van der Waals surface area contributed by atoms with E-state index < -0.39 is 10.1 Å². The summed E-state index contributed by atoms with van der Waals surface area (Å²) in [4.78, 5) is 13.2. The van der Waals surface area contributed by atoms with E-state index in [1.807, 2.05) is 13.8 Å². The second-order valence-electron chi connectivity index (χ2n) is 4.67. The van der Waals surface area contributed by atoms with Gasteiger partial charge in [0.1, 0.15) is 5.75 Å². The first-order chi connectivity index (χ1) is 8.69. The van der Waals surface area contributed by atoms with E-state index in [-0.39, 0.29) is 17.7 Å². The normalized spacial score (nSPS) is 11.4. The molecule has 5 nitrogen and oxygen atoms in total. The molecule has 0 aliphatic heterocycles. The minimum Gasteiger partial charge on any atom is -0.383 e. The molecule has 6 heteroatoms. The van der Waals surface area contributed by atoms with Crippen LogP contribution in [0, 0.1) is 0 Å². The third-order valence-corrected chi connectivity index (χ3v) is 3.05. The molecule has 1 aromatic rings. The Balaban J connectivity index is 2.79. The molecule has 0 saturated heterocycles. The van der Waals surface area contributed by atoms with Gasteiger partial charge in [-0.3, -0.25) is 4.79 Å². The van der Waals surface area contributed by atoms with Crippen molar-refractivity contribution in [2.45, 2.75) is 33.4 Å². The van der Waals surface area contributed by atoms with Gasteiger partial charge in [-0.05, 0) is 31.5 Å². The fourth-order valence-corrected chi connectivity index (χ4v) is 2.14. The third kappa shape index (κ3) is 5.30. The predicted molar refractivity (Wildman–Crippen MR) is 73.3 cm³/mol. The van der Waals surface area contributed by atoms with Crippen LogP contribution in [-0.2, 0) is 21.5 Å². The van der Waals surface area contributed by atoms with E-state index in [0.29, 0.717) is 6.54 Å². The Morgan fingerprint density at radius 3 is 2.16 bits per heavy atom. The molecule has 0 spiro atoms. The highest BCUT2D eigenvalue weighted by Crippen LogP contribution is 2.16. The van der Waals surface area contributed by atoms with Crippen molar-refractivity contribution in [3.8, 4) is 5.75 Å². The maximum absolute atomic E-state index is 11.5. The number of carbonyl (C=O) groups excluding carboxylic acids is 1. The van der Waals surface area contributed by atoms with Gasteiger partial charge in [0.25, 0.3) is 0 Å². The lowest BCUT2D eigenvalue weighted by Crippen LogP contribution is -2.34. The van der Waals surface area contributed by atoms with Crippen molar-refractivity contribution in [2.75, 3.05) is 6.26 Å². The molecule has 0 atom stereocenters. The highest BCUT2D eigenvalue weighted by Gasteiger charge is 2.13. The van der Waals surface area contributed by atoms with Gasteiger partial charge >= 0.3 is 10.1 Å². The Hall–Kier alpha value is -1.56. The van der Waals surface area contributed by atoms with Crippen LogP contribution in [0.15, 0.2) is 24.3 Å². The van der Waals surface area contributed by atoms with Crippen LogP contribution in [0.1, 0.15) is 26.3 Å². The fraction of sp³-hybridized carbons (Fsp3) is 0.462. The van der Waals surface area contributed by atoms with Crippen LogP contribution in [-0.4, -0.2) is 31.5 Å². The summed E-state index contributed by atoms with van der Waals surface area (Å²) in [5.74, 6) is 0.275. The van der Waals surface area contributed by atoms with E-state index in [1.54, 1.807) is 29.2 Å². The van der Waals surface area contributed by atoms with Gasteiger partial charge in [-0.2, -0.15) is 8.42 Å². The summed E-state index contributed by atoms with van der Waals surface area (Å²) in [6, 6.07) is 6.77. The second-order valence-corrected chi connectivity index (χ2v) is 6.25. The van der Waals surface area contributed by atoms with E-state index in [2.05, 4.69) is 0 Å². The minimum absolute atomic E-state index is 0.00598. The topological polar surface area (TPSA) is 63.7 Å². The van der Waals surface area contributed by atoms with Gasteiger partial charge in [-0.25, -0.2) is 0 Å². The van der Waals surface area contributed by atoms with Crippen LogP contribution >= 0.6 is 0 Å². The maximum Gasteiger partial charge on any atom is 0.306 e. The molecule has 0 fully saturated rings. The fourth-order valence-electron chi connectivity index (χ4n) is 1.68. The van der Waals surface area contributed by atoms with Crippen LogP contribution in [0.3, 0.4) is 0 Å². The smallest absolute Gasteiger partial charge is 0.306 e. The molecule has 1 aromatic carbocycles. The van der Waals surface area contributed by atoms with Crippen LogP contribution in [0.25, 0.3) is 0 Å². The number of amides is 1. The molecule has 0 aromatic heterocycles. The molecule has 19 heavy (non-hydrogen) atoms. The van der Waals surface area contributed by atoms with Crippen molar-refractivity contribution in [3.63, 3.8) is 0 Å². The molecule has 0 aliphatic carbocycles. The summed E-state index contributed by atoms with van der Waals surface area (Å²) < 4.78 is 26.7. The number of rotatable bonds is 5. The lowest BCUT2D eigenvalue weighted by molar-refractivity contribution is -0.131. The molecule has 106 valence electrons. The number of benzene rings is 1. The van der Waals surface area contributed by atoms with E-state index in [1.165, 1.54) is 6.92 Å². The van der Waals surface area contributed by atoms with Crippen molar-refractivity contribution in [2.24, 2.45) is 0 Å². The van der Waals surface area contributed by atoms with Gasteiger partial charge < -0.3 is 9.08 Å². The first kappa shape index (κ1) is 15.5. The lowest BCUT2D eigenvalue weighted by atomic mass is 10.2. The highest BCUT2D eigenvalue weighted by atomic mass is 32.2. The Kier molecular flexibility index (Phi) is 4.94. The molecule has 0 aliphatic rings. The molecule has 0 unspecified atom stereocenters. The zero-order valence-electron chi connectivity index (χ0n) is 11.6. The Morgan fingerprint density at radius 2 is 1.79 bits per heavy atom. The number of nitrogens with zero attached hydrogens (tertiary/aromatic N) is 1. The second kappa shape index (κ2) is 6.06. The Labute approximate surface area is 114 Å². The van der Waals surface area contributed by atoms with Crippen LogP contribution in [0.5, 0.6) is 5.75 Å². The summed E-state index contributed by atoms with van der Waals surface area (Å²) in [7, 11) is -3.50. The van der Waals surface area contributed by atoms with E-state index >= 15 is 0 Å². The van der Waals surface area contributed by atoms with Crippen molar-refractivity contribution in [3.05, 3.63) is 29.8 Å². The standard InChI is InChI=1S/C13H19NO4S/c1-10(2)14(11(3)15)9-12-5-7-13(8-6-12)18-19(4,16)17/h5-8,10H,9H2,1-4H3. The van der Waals surface area contributed by atoms with Crippen molar-refractivity contribution in [1.82, 2.24) is 4.90 Å². The van der Waals surface area contributed by atoms with Gasteiger partial charge in [0, 0.05) is 19.5 Å². The van der Waals surface area contributed by atoms with E-state index in [9.17, 15) is 13.2 Å². The summed E-state index contributed by atoms with van der Waals surface area (Å²) in [5.41, 5.74) is 0.921. The van der Waals surface area contributed by atoms with Gasteiger partial charge in [-0.15, -0.1) is 0 Å². The molecule has 0 radical (unpaired) electrons. The minimum atomic E-state index is -3.50. The highest BCUT2D eigenvalue weighted by molar-refractivity contribution is 7.86. The number of hydrogen-bond acceptors (Lipinski definition) is 4. The molecule has 1 amide bonds. The van der Waals surface area contributed by atoms with Gasteiger partial charge in [0.15, 0.2) is 0 Å². The van der Waals surface area contributed by atoms with Crippen LogP contribution in [0.2, 0.25) is 0 Å². The van der Waals surface area contributed by atoms with Crippen LogP contribution < -0.4 is 4.18 Å². The Morgan fingerprint density at radius 1 is 1.26 bits per heavy atom. The van der Waals surface area contributed by atoms with Gasteiger partial charge in [0.2, 0.25) is 5.91 Å². The molecule has 0 heterocycles. The lowest BCUT2D eigenvalue weighted by Gasteiger charge is -2.25. The molecule has 0 N–H and O–H groups in total. The quantitative estimate of drug-likeness (QED) is 0.774. The monoisotopic (exact) mass is 285 g/mol. The third-order valence-electron chi connectivity index (χ3n) is 2.55. The zero-order chi connectivity index (χ0) is 14.6. The van der Waals surface area contributed by atoms with E-state index in [0.717, 1.165) is 11.8 Å². The first-order valence-corrected chi connectivity index (χ1v) is 7.76. The zero-order valence-corrected chi connectivity index (χ0v) is 12.4. The average Bonchev–Trinajstić information content (AvgIpc) is 2.25. The molecule has 0 saturated carbocycles. The summed E-state index contributed by atoms with van der Waals surface area (Å²) in [6.45, 7) is 5.92. The van der Waals surface area contributed by atoms with Crippen molar-refractivity contribution in [1.29, 1.82) is 0 Å². The van der Waals surface area contributed by atoms with Crippen molar-refractivity contribution < 1.29 is 17.4 Å². The maximum atomic E-state index is 11.5. The number of carbonyl (C=O) groups is 1. The predicted octanol–water partition coefficient (Wildman–Crippen LogP) is 1.78. The molecular formula is C13H19NO4S. The first-order valence-electron chi connectivity index (χ1n) is 5.94. The van der Waals surface area contributed by atoms with Gasteiger partial charge in [-0.1, -0.05) is 12.1 Å². The average molecular weight is 285 g/mol. The van der Waals surface area contributed by atoms with Gasteiger partial charge in [0.05, 0.1) is 6.26 Å². The largest absolute Gasteiger partial charge is 0.383 e. The number of hydrogen-bond donors (Lipinski definition) is 0. The van der Waals surface area contributed by atoms with Crippen LogP contribution in [0.4, 0.5) is 0 Å². The Bertz CT molecular complexity index is 534.